The second kappa shape index (κ2) is 8.69. The van der Waals surface area contributed by atoms with Gasteiger partial charge in [-0.2, -0.15) is 0 Å². The molecular formula is C27H26N4O4. The van der Waals surface area contributed by atoms with Gasteiger partial charge in [-0.05, 0) is 43.0 Å². The minimum absolute atomic E-state index is 0.181. The van der Waals surface area contributed by atoms with Crippen LogP contribution in [0.15, 0.2) is 54.7 Å². The first kappa shape index (κ1) is 21.6. The molecule has 0 radical (unpaired) electrons. The van der Waals surface area contributed by atoms with E-state index < -0.39 is 11.9 Å². The number of imide groups is 1. The molecule has 1 unspecified atom stereocenters. The van der Waals surface area contributed by atoms with Gasteiger partial charge in [-0.1, -0.05) is 24.3 Å². The maximum absolute atomic E-state index is 13.0. The molecule has 3 aliphatic heterocycles. The van der Waals surface area contributed by atoms with Gasteiger partial charge in [0.1, 0.15) is 11.8 Å². The van der Waals surface area contributed by atoms with Crippen LogP contribution >= 0.6 is 0 Å². The Morgan fingerprint density at radius 1 is 1.03 bits per heavy atom. The first-order chi connectivity index (χ1) is 17.1. The number of amides is 3. The summed E-state index contributed by atoms with van der Waals surface area (Å²) in [5.74, 6) is 0.369. The van der Waals surface area contributed by atoms with E-state index in [2.05, 4.69) is 27.3 Å². The van der Waals surface area contributed by atoms with Gasteiger partial charge >= 0.3 is 0 Å². The van der Waals surface area contributed by atoms with Crippen LogP contribution in [-0.4, -0.2) is 53.3 Å². The van der Waals surface area contributed by atoms with Crippen LogP contribution < -0.4 is 15.0 Å². The molecule has 3 amide bonds. The summed E-state index contributed by atoms with van der Waals surface area (Å²) in [7, 11) is 0. The van der Waals surface area contributed by atoms with Crippen molar-refractivity contribution in [2.75, 3.05) is 24.6 Å². The van der Waals surface area contributed by atoms with E-state index in [-0.39, 0.29) is 18.2 Å². The third-order valence-corrected chi connectivity index (χ3v) is 7.25. The number of fused-ring (bicyclic) bond motifs is 2. The number of hydrogen-bond acceptors (Lipinski definition) is 6. The van der Waals surface area contributed by atoms with Gasteiger partial charge in [-0.15, -0.1) is 0 Å². The summed E-state index contributed by atoms with van der Waals surface area (Å²) >= 11 is 0. The molecule has 1 atom stereocenters. The van der Waals surface area contributed by atoms with Crippen LogP contribution in [0.4, 0.5) is 5.69 Å². The third-order valence-electron chi connectivity index (χ3n) is 7.25. The van der Waals surface area contributed by atoms with Gasteiger partial charge in [0, 0.05) is 47.9 Å². The molecular weight excluding hydrogens is 444 g/mol. The Kier molecular flexibility index (Phi) is 5.36. The lowest BCUT2D eigenvalue weighted by molar-refractivity contribution is -0.136. The summed E-state index contributed by atoms with van der Waals surface area (Å²) in [6.45, 7) is 2.85. The van der Waals surface area contributed by atoms with E-state index in [9.17, 15) is 14.4 Å². The Bertz CT molecular complexity index is 1330. The number of ether oxygens (including phenoxy) is 1. The standard InChI is InChI=1S/C27H26N4O4/c32-25-9-8-23(26(33)29-25)31-16-20-18(27(31)34)5-3-7-24(20)35-13-11-17-14-30(15-17)22-10-12-28-21-6-2-1-4-19(21)22/h1-7,10,12,17,23H,8-9,11,13-16H2,(H,29,32,33). The first-order valence-corrected chi connectivity index (χ1v) is 12.1. The summed E-state index contributed by atoms with van der Waals surface area (Å²) in [6.07, 6.45) is 3.39. The minimum atomic E-state index is -0.620. The summed E-state index contributed by atoms with van der Waals surface area (Å²) in [6, 6.07) is 15.1. The lowest BCUT2D eigenvalue weighted by atomic mass is 9.95. The second-order valence-corrected chi connectivity index (χ2v) is 9.44. The number of para-hydroxylation sites is 1. The van der Waals surface area contributed by atoms with Gasteiger partial charge < -0.3 is 14.5 Å². The molecule has 3 aliphatic rings. The molecule has 35 heavy (non-hydrogen) atoms. The number of piperidine rings is 1. The topological polar surface area (TPSA) is 91.8 Å². The Morgan fingerprint density at radius 3 is 2.74 bits per heavy atom. The zero-order chi connectivity index (χ0) is 23.9. The summed E-state index contributed by atoms with van der Waals surface area (Å²) in [4.78, 5) is 45.1. The fourth-order valence-corrected chi connectivity index (χ4v) is 5.33. The van der Waals surface area contributed by atoms with Gasteiger partial charge in [-0.3, -0.25) is 24.7 Å². The zero-order valence-electron chi connectivity index (χ0n) is 19.3. The van der Waals surface area contributed by atoms with E-state index >= 15 is 0 Å². The van der Waals surface area contributed by atoms with E-state index in [1.807, 2.05) is 36.5 Å². The van der Waals surface area contributed by atoms with Crippen molar-refractivity contribution in [3.63, 3.8) is 0 Å². The van der Waals surface area contributed by atoms with Crippen LogP contribution in [-0.2, 0) is 16.1 Å². The van der Waals surface area contributed by atoms with Crippen LogP contribution in [0.2, 0.25) is 0 Å². The van der Waals surface area contributed by atoms with E-state index in [1.165, 1.54) is 11.1 Å². The highest BCUT2D eigenvalue weighted by atomic mass is 16.5. The van der Waals surface area contributed by atoms with Gasteiger partial charge in [0.25, 0.3) is 5.91 Å². The first-order valence-electron chi connectivity index (χ1n) is 12.1. The highest BCUT2D eigenvalue weighted by molar-refractivity contribution is 6.05. The normalized spacial score (nSPS) is 20.1. The number of nitrogens with one attached hydrogen (secondary N) is 1. The van der Waals surface area contributed by atoms with Gasteiger partial charge in [0.15, 0.2) is 0 Å². The SMILES string of the molecule is O=C1CCC(N2Cc3c(OCCC4CN(c5ccnc6ccccc56)C4)cccc3C2=O)C(=O)N1. The predicted octanol–water partition coefficient (Wildman–Crippen LogP) is 2.90. The van der Waals surface area contributed by atoms with E-state index in [4.69, 9.17) is 4.74 Å². The van der Waals surface area contributed by atoms with Crippen molar-refractivity contribution in [3.8, 4) is 5.75 Å². The monoisotopic (exact) mass is 470 g/mol. The van der Waals surface area contributed by atoms with Gasteiger partial charge in [0.05, 0.1) is 18.7 Å². The number of carbonyl (C=O) groups excluding carboxylic acids is 3. The average molecular weight is 471 g/mol. The average Bonchev–Trinajstić information content (AvgIpc) is 3.17. The maximum Gasteiger partial charge on any atom is 0.255 e. The Morgan fingerprint density at radius 2 is 1.89 bits per heavy atom. The largest absolute Gasteiger partial charge is 0.493 e. The minimum Gasteiger partial charge on any atom is -0.493 e. The lowest BCUT2D eigenvalue weighted by Crippen LogP contribution is -2.52. The van der Waals surface area contributed by atoms with Crippen molar-refractivity contribution in [3.05, 3.63) is 65.9 Å². The van der Waals surface area contributed by atoms with Crippen LogP contribution in [0.25, 0.3) is 10.9 Å². The molecule has 0 bridgehead atoms. The number of rotatable bonds is 6. The number of carbonyl (C=O) groups is 3. The van der Waals surface area contributed by atoms with Crippen LogP contribution in [0, 0.1) is 5.92 Å². The van der Waals surface area contributed by atoms with Crippen LogP contribution in [0.3, 0.4) is 0 Å². The van der Waals surface area contributed by atoms with Gasteiger partial charge in [-0.25, -0.2) is 0 Å². The molecule has 0 spiro atoms. The predicted molar refractivity (Wildman–Crippen MR) is 130 cm³/mol. The summed E-state index contributed by atoms with van der Waals surface area (Å²) in [5, 5.41) is 3.52. The number of hydrogen-bond donors (Lipinski definition) is 1. The van der Waals surface area contributed by atoms with Crippen LogP contribution in [0.1, 0.15) is 35.2 Å². The number of benzene rings is 2. The maximum atomic E-state index is 13.0. The highest BCUT2D eigenvalue weighted by Gasteiger charge is 2.40. The molecule has 4 heterocycles. The number of anilines is 1. The smallest absolute Gasteiger partial charge is 0.255 e. The molecule has 3 aromatic rings. The van der Waals surface area contributed by atoms with Crippen molar-refractivity contribution >= 4 is 34.3 Å². The molecule has 2 aromatic carbocycles. The van der Waals surface area contributed by atoms with Crippen molar-refractivity contribution in [2.45, 2.75) is 31.8 Å². The Balaban J connectivity index is 1.06. The highest BCUT2D eigenvalue weighted by Crippen LogP contribution is 2.35. The third kappa shape index (κ3) is 3.88. The molecule has 2 fully saturated rings. The molecule has 8 nitrogen and oxygen atoms in total. The van der Waals surface area contributed by atoms with Crippen molar-refractivity contribution in [1.29, 1.82) is 0 Å². The van der Waals surface area contributed by atoms with Gasteiger partial charge in [0.2, 0.25) is 11.8 Å². The molecule has 1 aromatic heterocycles. The van der Waals surface area contributed by atoms with E-state index in [0.29, 0.717) is 36.8 Å². The van der Waals surface area contributed by atoms with Crippen molar-refractivity contribution in [2.24, 2.45) is 5.92 Å². The van der Waals surface area contributed by atoms with Crippen molar-refractivity contribution < 1.29 is 19.1 Å². The fourth-order valence-electron chi connectivity index (χ4n) is 5.33. The quantitative estimate of drug-likeness (QED) is 0.557. The summed E-state index contributed by atoms with van der Waals surface area (Å²) < 4.78 is 6.13. The number of nitrogens with zero attached hydrogens (tertiary/aromatic N) is 3. The van der Waals surface area contributed by atoms with Crippen LogP contribution in [0.5, 0.6) is 5.75 Å². The molecule has 0 aliphatic carbocycles. The fraction of sp³-hybridized carbons (Fsp3) is 0.333. The lowest BCUT2D eigenvalue weighted by Gasteiger charge is -2.41. The zero-order valence-corrected chi connectivity index (χ0v) is 19.3. The molecule has 178 valence electrons. The number of aromatic nitrogens is 1. The molecule has 8 heteroatoms. The van der Waals surface area contributed by atoms with E-state index in [0.717, 1.165) is 30.6 Å². The van der Waals surface area contributed by atoms with Crippen molar-refractivity contribution in [1.82, 2.24) is 15.2 Å². The number of pyridine rings is 1. The molecule has 0 saturated carbocycles. The molecule has 6 rings (SSSR count). The summed E-state index contributed by atoms with van der Waals surface area (Å²) in [5.41, 5.74) is 3.63. The molecule has 1 N–H and O–H groups in total. The second-order valence-electron chi connectivity index (χ2n) is 9.44. The Labute approximate surface area is 202 Å². The Hall–Kier alpha value is -3.94. The van der Waals surface area contributed by atoms with E-state index in [1.54, 1.807) is 11.0 Å². The molecule has 2 saturated heterocycles.